The number of hydrogen-bond acceptors (Lipinski definition) is 4. The number of rotatable bonds is 3. The molecule has 0 amide bonds. The van der Waals surface area contributed by atoms with Crippen LogP contribution in [0.25, 0.3) is 0 Å². The zero-order valence-electron chi connectivity index (χ0n) is 7.86. The molecule has 4 nitrogen and oxygen atoms in total. The summed E-state index contributed by atoms with van der Waals surface area (Å²) >= 11 is 0. The van der Waals surface area contributed by atoms with Gasteiger partial charge in [0, 0.05) is 12.5 Å². The zero-order valence-corrected chi connectivity index (χ0v) is 7.86. The van der Waals surface area contributed by atoms with Crippen molar-refractivity contribution in [2.75, 3.05) is 7.11 Å². The normalized spacial score (nSPS) is 9.79. The van der Waals surface area contributed by atoms with Crippen LogP contribution in [0.15, 0.2) is 18.2 Å². The average Bonchev–Trinajstić information content (AvgIpc) is 2.16. The van der Waals surface area contributed by atoms with E-state index < -0.39 is 0 Å². The highest BCUT2D eigenvalue weighted by Gasteiger charge is 2.05. The quantitative estimate of drug-likeness (QED) is 0.713. The molecule has 0 saturated carbocycles. The lowest BCUT2D eigenvalue weighted by Gasteiger charge is -2.03. The first-order valence-corrected chi connectivity index (χ1v) is 4.21. The predicted molar refractivity (Wildman–Crippen MR) is 50.1 cm³/mol. The molecule has 1 aromatic carbocycles. The highest BCUT2D eigenvalue weighted by Crippen LogP contribution is 2.23. The fraction of sp³-hybridized carbons (Fsp3) is 0.300. The molecule has 14 heavy (non-hydrogen) atoms. The van der Waals surface area contributed by atoms with E-state index in [-0.39, 0.29) is 23.9 Å². The van der Waals surface area contributed by atoms with Crippen LogP contribution < -0.4 is 0 Å². The predicted octanol–water partition coefficient (Wildman–Crippen LogP) is 1.20. The maximum absolute atomic E-state index is 10.8. The summed E-state index contributed by atoms with van der Waals surface area (Å²) in [4.78, 5) is 10.8. The van der Waals surface area contributed by atoms with Gasteiger partial charge in [-0.25, -0.2) is 0 Å². The van der Waals surface area contributed by atoms with Gasteiger partial charge in [-0.2, -0.15) is 0 Å². The summed E-state index contributed by atoms with van der Waals surface area (Å²) in [6.45, 7) is 0. The first-order valence-electron chi connectivity index (χ1n) is 4.21. The fourth-order valence-corrected chi connectivity index (χ4v) is 1.10. The van der Waals surface area contributed by atoms with Crippen LogP contribution in [0.3, 0.4) is 0 Å². The van der Waals surface area contributed by atoms with Crippen LogP contribution in [-0.2, 0) is 16.0 Å². The number of esters is 1. The molecule has 0 saturated heterocycles. The van der Waals surface area contributed by atoms with E-state index >= 15 is 0 Å². The van der Waals surface area contributed by atoms with Crippen molar-refractivity contribution in [2.24, 2.45) is 0 Å². The molecule has 1 rings (SSSR count). The first kappa shape index (κ1) is 10.4. The number of carbonyl (C=O) groups excluding carboxylic acids is 1. The van der Waals surface area contributed by atoms with Crippen LogP contribution in [0, 0.1) is 0 Å². The molecular weight excluding hydrogens is 184 g/mol. The van der Waals surface area contributed by atoms with Gasteiger partial charge < -0.3 is 14.9 Å². The molecule has 0 aliphatic carbocycles. The summed E-state index contributed by atoms with van der Waals surface area (Å²) in [6.07, 6.45) is 0.619. The monoisotopic (exact) mass is 196 g/mol. The summed E-state index contributed by atoms with van der Waals surface area (Å²) < 4.78 is 4.47. The maximum atomic E-state index is 10.8. The highest BCUT2D eigenvalue weighted by molar-refractivity contribution is 5.69. The van der Waals surface area contributed by atoms with Crippen molar-refractivity contribution >= 4 is 5.97 Å². The number of ether oxygens (including phenoxy) is 1. The number of methoxy groups -OCH3 is 1. The van der Waals surface area contributed by atoms with Crippen molar-refractivity contribution < 1.29 is 19.7 Å². The SMILES string of the molecule is COC(=O)CCc1ccc(O)cc1O. The standard InChI is InChI=1S/C10H12O4/c1-14-10(13)5-3-7-2-4-8(11)6-9(7)12/h2,4,6,11-12H,3,5H2,1H3. The van der Waals surface area contributed by atoms with Gasteiger partial charge in [0.2, 0.25) is 0 Å². The van der Waals surface area contributed by atoms with Crippen molar-refractivity contribution in [2.45, 2.75) is 12.8 Å². The molecule has 1 aromatic rings. The highest BCUT2D eigenvalue weighted by atomic mass is 16.5. The van der Waals surface area contributed by atoms with Crippen molar-refractivity contribution in [3.63, 3.8) is 0 Å². The fourth-order valence-electron chi connectivity index (χ4n) is 1.10. The Morgan fingerprint density at radius 3 is 2.71 bits per heavy atom. The molecule has 2 N–H and O–H groups in total. The molecule has 0 aromatic heterocycles. The van der Waals surface area contributed by atoms with Gasteiger partial charge in [0.15, 0.2) is 0 Å². The Bertz CT molecular complexity index is 333. The summed E-state index contributed by atoms with van der Waals surface area (Å²) in [7, 11) is 1.32. The van der Waals surface area contributed by atoms with Crippen LogP contribution in [0.2, 0.25) is 0 Å². The Balaban J connectivity index is 2.63. The average molecular weight is 196 g/mol. The minimum Gasteiger partial charge on any atom is -0.508 e. The topological polar surface area (TPSA) is 66.8 Å². The second-order valence-corrected chi connectivity index (χ2v) is 2.89. The molecule has 4 heteroatoms. The zero-order chi connectivity index (χ0) is 10.6. The molecular formula is C10H12O4. The molecule has 0 spiro atoms. The number of phenolic OH excluding ortho intramolecular Hbond substituents is 2. The lowest BCUT2D eigenvalue weighted by molar-refractivity contribution is -0.140. The van der Waals surface area contributed by atoms with Gasteiger partial charge >= 0.3 is 5.97 Å². The number of aromatic hydroxyl groups is 2. The van der Waals surface area contributed by atoms with E-state index in [9.17, 15) is 9.90 Å². The van der Waals surface area contributed by atoms with E-state index in [0.717, 1.165) is 0 Å². The lowest BCUT2D eigenvalue weighted by atomic mass is 10.1. The summed E-state index contributed by atoms with van der Waals surface area (Å²) in [5.41, 5.74) is 0.619. The number of aryl methyl sites for hydroxylation is 1. The van der Waals surface area contributed by atoms with E-state index in [0.29, 0.717) is 12.0 Å². The van der Waals surface area contributed by atoms with E-state index in [4.69, 9.17) is 5.11 Å². The number of hydrogen-bond donors (Lipinski definition) is 2. The Morgan fingerprint density at radius 2 is 2.14 bits per heavy atom. The third-order valence-corrected chi connectivity index (χ3v) is 1.90. The second kappa shape index (κ2) is 4.50. The molecule has 0 fully saturated rings. The van der Waals surface area contributed by atoms with E-state index in [1.807, 2.05) is 0 Å². The Labute approximate surface area is 81.8 Å². The summed E-state index contributed by atoms with van der Waals surface area (Å²) in [6, 6.07) is 4.28. The molecule has 0 unspecified atom stereocenters. The molecule has 0 aliphatic rings. The Morgan fingerprint density at radius 1 is 1.43 bits per heavy atom. The van der Waals surface area contributed by atoms with Crippen LogP contribution >= 0.6 is 0 Å². The second-order valence-electron chi connectivity index (χ2n) is 2.89. The van der Waals surface area contributed by atoms with Gasteiger partial charge in [0.25, 0.3) is 0 Å². The number of carbonyl (C=O) groups is 1. The minimum atomic E-state index is -0.322. The van der Waals surface area contributed by atoms with Gasteiger partial charge in [-0.1, -0.05) is 6.07 Å². The first-order chi connectivity index (χ1) is 6.63. The van der Waals surface area contributed by atoms with Gasteiger partial charge in [0.1, 0.15) is 11.5 Å². The van der Waals surface area contributed by atoms with Crippen molar-refractivity contribution in [3.8, 4) is 11.5 Å². The summed E-state index contributed by atoms with van der Waals surface area (Å²) in [5.74, 6) is -0.323. The smallest absolute Gasteiger partial charge is 0.305 e. The Hall–Kier alpha value is -1.71. The van der Waals surface area contributed by atoms with Gasteiger partial charge in [-0.3, -0.25) is 4.79 Å². The number of phenols is 2. The Kier molecular flexibility index (Phi) is 3.34. The molecule has 0 atom stereocenters. The minimum absolute atomic E-state index is 0.00400. The lowest BCUT2D eigenvalue weighted by Crippen LogP contribution is -2.01. The largest absolute Gasteiger partial charge is 0.508 e. The number of benzene rings is 1. The molecule has 0 bridgehead atoms. The van der Waals surface area contributed by atoms with Gasteiger partial charge in [-0.15, -0.1) is 0 Å². The van der Waals surface area contributed by atoms with Gasteiger partial charge in [0.05, 0.1) is 7.11 Å². The molecule has 0 aliphatic heterocycles. The third kappa shape index (κ3) is 2.65. The molecule has 76 valence electrons. The van der Waals surface area contributed by atoms with Crippen LogP contribution in [0.5, 0.6) is 11.5 Å². The molecule has 0 heterocycles. The van der Waals surface area contributed by atoms with E-state index in [1.54, 1.807) is 6.07 Å². The van der Waals surface area contributed by atoms with E-state index in [1.165, 1.54) is 19.2 Å². The molecule has 0 radical (unpaired) electrons. The van der Waals surface area contributed by atoms with E-state index in [2.05, 4.69) is 4.74 Å². The van der Waals surface area contributed by atoms with Crippen molar-refractivity contribution in [1.29, 1.82) is 0 Å². The maximum Gasteiger partial charge on any atom is 0.305 e. The summed E-state index contributed by atoms with van der Waals surface area (Å²) in [5, 5.41) is 18.4. The third-order valence-electron chi connectivity index (χ3n) is 1.90. The van der Waals surface area contributed by atoms with Crippen LogP contribution in [0.1, 0.15) is 12.0 Å². The van der Waals surface area contributed by atoms with Crippen LogP contribution in [0.4, 0.5) is 0 Å². The van der Waals surface area contributed by atoms with Crippen LogP contribution in [-0.4, -0.2) is 23.3 Å². The van der Waals surface area contributed by atoms with Crippen molar-refractivity contribution in [1.82, 2.24) is 0 Å². The van der Waals surface area contributed by atoms with Gasteiger partial charge in [-0.05, 0) is 18.1 Å². The van der Waals surface area contributed by atoms with Crippen molar-refractivity contribution in [3.05, 3.63) is 23.8 Å².